The van der Waals surface area contributed by atoms with Gasteiger partial charge in [0.25, 0.3) is 5.91 Å². The Morgan fingerprint density at radius 2 is 2.00 bits per heavy atom. The maximum atomic E-state index is 12.8. The molecule has 7 heteroatoms. The van der Waals surface area contributed by atoms with Crippen molar-refractivity contribution in [2.75, 3.05) is 18.0 Å². The van der Waals surface area contributed by atoms with Gasteiger partial charge in [-0.05, 0) is 54.8 Å². The van der Waals surface area contributed by atoms with Crippen molar-refractivity contribution < 1.29 is 4.79 Å². The van der Waals surface area contributed by atoms with Gasteiger partial charge in [0.1, 0.15) is 0 Å². The number of rotatable bonds is 4. The van der Waals surface area contributed by atoms with Crippen molar-refractivity contribution in [3.8, 4) is 11.3 Å². The highest BCUT2D eigenvalue weighted by Crippen LogP contribution is 2.25. The van der Waals surface area contributed by atoms with Crippen molar-refractivity contribution in [2.45, 2.75) is 18.9 Å². The topological polar surface area (TPSA) is 73.9 Å². The zero-order valence-corrected chi connectivity index (χ0v) is 17.6. The molecule has 1 atom stereocenters. The van der Waals surface area contributed by atoms with Gasteiger partial charge in [0.15, 0.2) is 5.82 Å². The first kappa shape index (κ1) is 19.6. The number of amides is 1. The van der Waals surface area contributed by atoms with Gasteiger partial charge in [-0.1, -0.05) is 29.8 Å². The van der Waals surface area contributed by atoms with Crippen LogP contribution in [0, 0.1) is 0 Å². The number of hydrogen-bond donors (Lipinski definition) is 2. The number of aromatic amines is 1. The maximum Gasteiger partial charge on any atom is 0.251 e. The zero-order valence-electron chi connectivity index (χ0n) is 16.9. The smallest absolute Gasteiger partial charge is 0.251 e. The molecule has 5 rings (SSSR count). The second-order valence-corrected chi connectivity index (χ2v) is 8.25. The van der Waals surface area contributed by atoms with Crippen LogP contribution in [0.1, 0.15) is 23.2 Å². The minimum atomic E-state index is -0.0542. The lowest BCUT2D eigenvalue weighted by Crippen LogP contribution is -2.48. The molecule has 4 aromatic rings. The summed E-state index contributed by atoms with van der Waals surface area (Å²) in [7, 11) is 0. The Morgan fingerprint density at radius 1 is 1.13 bits per heavy atom. The second-order valence-electron chi connectivity index (χ2n) is 7.82. The zero-order chi connectivity index (χ0) is 21.2. The van der Waals surface area contributed by atoms with Crippen molar-refractivity contribution >= 4 is 34.2 Å². The molecule has 1 fully saturated rings. The minimum absolute atomic E-state index is 0.0542. The van der Waals surface area contributed by atoms with Gasteiger partial charge in [-0.15, -0.1) is 0 Å². The SMILES string of the molecule is O=C(N[C@@H]1CCCN(c2cc(-c3ccc(Cl)cc3)[nH]n2)C1)c1ccc2ncccc2c1. The molecule has 3 heterocycles. The molecule has 0 unspecified atom stereocenters. The van der Waals surface area contributed by atoms with Gasteiger partial charge in [0.2, 0.25) is 0 Å². The first-order chi connectivity index (χ1) is 15.2. The molecule has 0 bridgehead atoms. The van der Waals surface area contributed by atoms with Gasteiger partial charge in [-0.25, -0.2) is 0 Å². The molecule has 2 aromatic carbocycles. The normalized spacial score (nSPS) is 16.4. The summed E-state index contributed by atoms with van der Waals surface area (Å²) < 4.78 is 0. The highest BCUT2D eigenvalue weighted by molar-refractivity contribution is 6.30. The van der Waals surface area contributed by atoms with Crippen molar-refractivity contribution in [3.05, 3.63) is 77.4 Å². The molecule has 1 aliphatic heterocycles. The summed E-state index contributed by atoms with van der Waals surface area (Å²) >= 11 is 5.98. The highest BCUT2D eigenvalue weighted by Gasteiger charge is 2.24. The number of fused-ring (bicyclic) bond motifs is 1. The molecule has 0 aliphatic carbocycles. The van der Waals surface area contributed by atoms with Crippen LogP contribution in [0.5, 0.6) is 0 Å². The summed E-state index contributed by atoms with van der Waals surface area (Å²) in [5, 5.41) is 12.5. The molecule has 1 saturated heterocycles. The number of nitrogens with one attached hydrogen (secondary N) is 2. The van der Waals surface area contributed by atoms with Crippen LogP contribution in [0.2, 0.25) is 5.02 Å². The molecular formula is C24H22ClN5O. The third-order valence-electron chi connectivity index (χ3n) is 5.67. The van der Waals surface area contributed by atoms with Crippen molar-refractivity contribution in [1.82, 2.24) is 20.5 Å². The maximum absolute atomic E-state index is 12.8. The Balaban J connectivity index is 1.27. The predicted molar refractivity (Wildman–Crippen MR) is 123 cm³/mol. The van der Waals surface area contributed by atoms with E-state index < -0.39 is 0 Å². The Bertz CT molecular complexity index is 1220. The number of carbonyl (C=O) groups excluding carboxylic acids is 1. The standard InChI is InChI=1S/C24H22ClN5O/c25-19-8-5-16(6-9-19)22-14-23(29-28-22)30-12-2-4-20(15-30)27-24(31)18-7-10-21-17(13-18)3-1-11-26-21/h1,3,5-11,13-14,20H,2,4,12,15H2,(H,27,31)(H,28,29)/t20-/m1/s1. The number of halogens is 1. The number of H-pyrrole nitrogens is 1. The van der Waals surface area contributed by atoms with E-state index in [-0.39, 0.29) is 11.9 Å². The third-order valence-corrected chi connectivity index (χ3v) is 5.92. The van der Waals surface area contributed by atoms with Crippen molar-refractivity contribution in [1.29, 1.82) is 0 Å². The largest absolute Gasteiger partial charge is 0.353 e. The Kier molecular flexibility index (Phi) is 5.30. The molecule has 1 aliphatic rings. The van der Waals surface area contributed by atoms with Crippen LogP contribution in [0.4, 0.5) is 5.82 Å². The van der Waals surface area contributed by atoms with E-state index in [4.69, 9.17) is 11.6 Å². The third kappa shape index (κ3) is 4.25. The van der Waals surface area contributed by atoms with Crippen LogP contribution >= 0.6 is 11.6 Å². The van der Waals surface area contributed by atoms with E-state index in [9.17, 15) is 4.79 Å². The molecule has 2 aromatic heterocycles. The molecule has 0 radical (unpaired) electrons. The van der Waals surface area contributed by atoms with Gasteiger partial charge in [-0.3, -0.25) is 14.9 Å². The lowest BCUT2D eigenvalue weighted by Gasteiger charge is -2.33. The fourth-order valence-corrected chi connectivity index (χ4v) is 4.17. The fraction of sp³-hybridized carbons (Fsp3) is 0.208. The molecule has 6 nitrogen and oxygen atoms in total. The van der Waals surface area contributed by atoms with Gasteiger partial charge in [0, 0.05) is 47.4 Å². The summed E-state index contributed by atoms with van der Waals surface area (Å²) in [6, 6.07) is 19.3. The molecule has 0 saturated carbocycles. The number of hydrogen-bond acceptors (Lipinski definition) is 4. The van der Waals surface area contributed by atoms with Crippen molar-refractivity contribution in [2.24, 2.45) is 0 Å². The van der Waals surface area contributed by atoms with E-state index >= 15 is 0 Å². The molecule has 2 N–H and O–H groups in total. The molecular weight excluding hydrogens is 410 g/mol. The number of anilines is 1. The molecule has 156 valence electrons. The van der Waals surface area contributed by atoms with E-state index in [0.29, 0.717) is 10.6 Å². The van der Waals surface area contributed by atoms with Gasteiger partial charge in [-0.2, -0.15) is 5.10 Å². The first-order valence-electron chi connectivity index (χ1n) is 10.4. The molecule has 1 amide bonds. The van der Waals surface area contributed by atoms with Crippen LogP contribution in [0.25, 0.3) is 22.2 Å². The first-order valence-corrected chi connectivity index (χ1v) is 10.8. The van der Waals surface area contributed by atoms with Crippen molar-refractivity contribution in [3.63, 3.8) is 0 Å². The Hall–Kier alpha value is -3.38. The number of aromatic nitrogens is 3. The van der Waals surface area contributed by atoms with E-state index in [1.54, 1.807) is 6.20 Å². The van der Waals surface area contributed by atoms with Gasteiger partial charge in [0.05, 0.1) is 11.2 Å². The number of nitrogens with zero attached hydrogens (tertiary/aromatic N) is 3. The predicted octanol–water partition coefficient (Wildman–Crippen LogP) is 4.68. The average Bonchev–Trinajstić information content (AvgIpc) is 3.30. The van der Waals surface area contributed by atoms with Crippen LogP contribution < -0.4 is 10.2 Å². The van der Waals surface area contributed by atoms with E-state index in [2.05, 4.69) is 25.4 Å². The molecule has 31 heavy (non-hydrogen) atoms. The average molecular weight is 432 g/mol. The summed E-state index contributed by atoms with van der Waals surface area (Å²) in [4.78, 5) is 19.4. The van der Waals surface area contributed by atoms with Crippen LogP contribution in [0.15, 0.2) is 66.9 Å². The van der Waals surface area contributed by atoms with Gasteiger partial charge >= 0.3 is 0 Å². The quantitative estimate of drug-likeness (QED) is 0.492. The molecule has 0 spiro atoms. The number of carbonyl (C=O) groups is 1. The van der Waals surface area contributed by atoms with E-state index in [0.717, 1.165) is 53.9 Å². The Morgan fingerprint density at radius 3 is 2.87 bits per heavy atom. The highest BCUT2D eigenvalue weighted by atomic mass is 35.5. The summed E-state index contributed by atoms with van der Waals surface area (Å²) in [5.41, 5.74) is 3.53. The minimum Gasteiger partial charge on any atom is -0.353 e. The van der Waals surface area contributed by atoms with Crippen LogP contribution in [-0.4, -0.2) is 40.2 Å². The van der Waals surface area contributed by atoms with Gasteiger partial charge < -0.3 is 10.2 Å². The monoisotopic (exact) mass is 431 g/mol. The number of benzene rings is 2. The van der Waals surface area contributed by atoms with E-state index in [1.807, 2.05) is 60.7 Å². The number of pyridine rings is 1. The van der Waals surface area contributed by atoms with E-state index in [1.165, 1.54) is 0 Å². The summed E-state index contributed by atoms with van der Waals surface area (Å²) in [5.74, 6) is 0.835. The number of piperidine rings is 1. The lowest BCUT2D eigenvalue weighted by atomic mass is 10.0. The van der Waals surface area contributed by atoms with Crippen LogP contribution in [-0.2, 0) is 0 Å². The fourth-order valence-electron chi connectivity index (χ4n) is 4.04. The Labute approximate surface area is 185 Å². The summed E-state index contributed by atoms with van der Waals surface area (Å²) in [6.07, 6.45) is 3.70. The lowest BCUT2D eigenvalue weighted by molar-refractivity contribution is 0.0933. The van der Waals surface area contributed by atoms with Crippen LogP contribution in [0.3, 0.4) is 0 Å². The summed E-state index contributed by atoms with van der Waals surface area (Å²) in [6.45, 7) is 1.64. The second kappa shape index (κ2) is 8.40.